The van der Waals surface area contributed by atoms with E-state index in [1.165, 1.54) is 22.8 Å². The zero-order valence-electron chi connectivity index (χ0n) is 14.4. The molecule has 2 aromatic rings. The van der Waals surface area contributed by atoms with Gasteiger partial charge in [0.25, 0.3) is 0 Å². The van der Waals surface area contributed by atoms with E-state index in [1.807, 2.05) is 6.92 Å². The molecule has 1 aromatic heterocycles. The fourth-order valence-corrected chi connectivity index (χ4v) is 4.67. The van der Waals surface area contributed by atoms with Crippen LogP contribution in [0.4, 0.5) is 5.69 Å². The molecule has 0 spiro atoms. The summed E-state index contributed by atoms with van der Waals surface area (Å²) in [5.41, 5.74) is 1.62. The summed E-state index contributed by atoms with van der Waals surface area (Å²) in [6, 6.07) is 8.43. The van der Waals surface area contributed by atoms with Crippen LogP contribution in [0.5, 0.6) is 0 Å². The first-order valence-electron chi connectivity index (χ1n) is 8.35. The molecule has 0 bridgehead atoms. The van der Waals surface area contributed by atoms with Crippen LogP contribution in [0.3, 0.4) is 0 Å². The number of nitrogens with one attached hydrogen (secondary N) is 1. The first-order chi connectivity index (χ1) is 12.4. The van der Waals surface area contributed by atoms with Crippen molar-refractivity contribution >= 4 is 33.2 Å². The molecule has 1 aliphatic heterocycles. The van der Waals surface area contributed by atoms with Gasteiger partial charge in [0.1, 0.15) is 4.90 Å². The number of nitrogens with zero attached hydrogens (tertiary/aromatic N) is 2. The number of benzene rings is 1. The van der Waals surface area contributed by atoms with Crippen molar-refractivity contribution in [3.05, 3.63) is 53.3 Å². The average Bonchev–Trinajstić information content (AvgIpc) is 2.65. The van der Waals surface area contributed by atoms with E-state index in [4.69, 9.17) is 11.6 Å². The summed E-state index contributed by atoms with van der Waals surface area (Å²) >= 11 is 5.93. The monoisotopic (exact) mass is 393 g/mol. The molecule has 0 aliphatic carbocycles. The largest absolute Gasteiger partial charge is 0.326 e. The normalized spacial score (nSPS) is 16.4. The Morgan fingerprint density at radius 2 is 2.00 bits per heavy atom. The van der Waals surface area contributed by atoms with Gasteiger partial charge in [0.2, 0.25) is 15.9 Å². The molecule has 2 heterocycles. The van der Waals surface area contributed by atoms with Crippen molar-refractivity contribution in [2.24, 2.45) is 5.92 Å². The van der Waals surface area contributed by atoms with Gasteiger partial charge in [-0.2, -0.15) is 4.31 Å². The van der Waals surface area contributed by atoms with Gasteiger partial charge in [0.05, 0.1) is 0 Å². The van der Waals surface area contributed by atoms with Crippen LogP contribution in [0.25, 0.3) is 0 Å². The van der Waals surface area contributed by atoms with Gasteiger partial charge < -0.3 is 5.32 Å². The molecule has 3 rings (SSSR count). The summed E-state index contributed by atoms with van der Waals surface area (Å²) in [7, 11) is -3.56. The molecule has 1 saturated heterocycles. The molecule has 0 unspecified atom stereocenters. The maximum absolute atomic E-state index is 12.6. The lowest BCUT2D eigenvalue weighted by Gasteiger charge is -2.30. The molecule has 138 valence electrons. The van der Waals surface area contributed by atoms with Gasteiger partial charge in [-0.05, 0) is 55.7 Å². The lowest BCUT2D eigenvalue weighted by atomic mass is 9.97. The molecule has 0 atom stereocenters. The second-order valence-corrected chi connectivity index (χ2v) is 8.69. The number of hydrogen-bond acceptors (Lipinski definition) is 4. The maximum atomic E-state index is 12.6. The maximum Gasteiger partial charge on any atom is 0.244 e. The number of hydrogen-bond donors (Lipinski definition) is 1. The SMILES string of the molecule is Cc1cc(Cl)ccc1NC(=O)C1CCN(S(=O)(=O)c2cccnc2)CC1. The number of piperidine rings is 1. The lowest BCUT2D eigenvalue weighted by molar-refractivity contribution is -0.120. The van der Waals surface area contributed by atoms with E-state index >= 15 is 0 Å². The lowest BCUT2D eigenvalue weighted by Crippen LogP contribution is -2.41. The minimum Gasteiger partial charge on any atom is -0.326 e. The third-order valence-corrected chi connectivity index (χ3v) is 6.66. The van der Waals surface area contributed by atoms with Crippen molar-refractivity contribution in [3.8, 4) is 0 Å². The minimum absolute atomic E-state index is 0.0890. The second-order valence-electron chi connectivity index (χ2n) is 6.32. The van der Waals surface area contributed by atoms with Crippen LogP contribution in [0, 0.1) is 12.8 Å². The zero-order chi connectivity index (χ0) is 18.7. The Kier molecular flexibility index (Phi) is 5.60. The predicted octanol–water partition coefficient (Wildman–Crippen LogP) is 3.08. The second kappa shape index (κ2) is 7.73. The Labute approximate surface area is 158 Å². The van der Waals surface area contributed by atoms with Crippen LogP contribution in [0.15, 0.2) is 47.6 Å². The van der Waals surface area contributed by atoms with E-state index in [9.17, 15) is 13.2 Å². The van der Waals surface area contributed by atoms with Crippen molar-refractivity contribution in [1.29, 1.82) is 0 Å². The standard InChI is InChI=1S/C18H20ClN3O3S/c1-13-11-15(19)4-5-17(13)21-18(23)14-6-9-22(10-7-14)26(24,25)16-3-2-8-20-12-16/h2-5,8,11-12,14H,6-7,9-10H2,1H3,(H,21,23). The zero-order valence-corrected chi connectivity index (χ0v) is 15.9. The van der Waals surface area contributed by atoms with Crippen LogP contribution in [-0.4, -0.2) is 36.7 Å². The van der Waals surface area contributed by atoms with E-state index in [0.717, 1.165) is 11.3 Å². The average molecular weight is 394 g/mol. The molecule has 1 aromatic carbocycles. The number of aromatic nitrogens is 1. The van der Waals surface area contributed by atoms with Gasteiger partial charge >= 0.3 is 0 Å². The summed E-state index contributed by atoms with van der Waals surface area (Å²) in [5, 5.41) is 3.54. The highest BCUT2D eigenvalue weighted by molar-refractivity contribution is 7.89. The van der Waals surface area contributed by atoms with E-state index in [0.29, 0.717) is 31.0 Å². The molecule has 26 heavy (non-hydrogen) atoms. The van der Waals surface area contributed by atoms with Gasteiger partial charge in [-0.25, -0.2) is 8.42 Å². The van der Waals surface area contributed by atoms with Gasteiger partial charge in [-0.1, -0.05) is 11.6 Å². The topological polar surface area (TPSA) is 79.4 Å². The van der Waals surface area contributed by atoms with Crippen molar-refractivity contribution in [3.63, 3.8) is 0 Å². The highest BCUT2D eigenvalue weighted by Crippen LogP contribution is 2.26. The van der Waals surface area contributed by atoms with E-state index in [2.05, 4.69) is 10.3 Å². The van der Waals surface area contributed by atoms with Crippen LogP contribution >= 0.6 is 11.6 Å². The third-order valence-electron chi connectivity index (χ3n) is 4.54. The summed E-state index contributed by atoms with van der Waals surface area (Å²) < 4.78 is 26.6. The van der Waals surface area contributed by atoms with Crippen molar-refractivity contribution < 1.29 is 13.2 Å². The Hall–Kier alpha value is -1.96. The van der Waals surface area contributed by atoms with Gasteiger partial charge in [-0.15, -0.1) is 0 Å². The summed E-state index contributed by atoms with van der Waals surface area (Å²) in [4.78, 5) is 16.6. The first-order valence-corrected chi connectivity index (χ1v) is 10.2. The van der Waals surface area contributed by atoms with Gasteiger partial charge in [-0.3, -0.25) is 9.78 Å². The molecule has 6 nitrogen and oxygen atoms in total. The summed E-state index contributed by atoms with van der Waals surface area (Å²) in [5.74, 6) is -0.306. The van der Waals surface area contributed by atoms with Crippen molar-refractivity contribution in [2.75, 3.05) is 18.4 Å². The van der Waals surface area contributed by atoms with Crippen LogP contribution in [0.2, 0.25) is 5.02 Å². The van der Waals surface area contributed by atoms with Crippen molar-refractivity contribution in [1.82, 2.24) is 9.29 Å². The van der Waals surface area contributed by atoms with E-state index in [1.54, 1.807) is 24.3 Å². The molecule has 1 N–H and O–H groups in total. The number of amides is 1. The fourth-order valence-electron chi connectivity index (χ4n) is 3.01. The first kappa shape index (κ1) is 18.8. The Morgan fingerprint density at radius 1 is 1.27 bits per heavy atom. The number of aryl methyl sites for hydroxylation is 1. The molecule has 0 saturated carbocycles. The van der Waals surface area contributed by atoms with Crippen molar-refractivity contribution in [2.45, 2.75) is 24.7 Å². The third kappa shape index (κ3) is 4.06. The molecular formula is C18H20ClN3O3S. The van der Waals surface area contributed by atoms with Crippen LogP contribution < -0.4 is 5.32 Å². The highest BCUT2D eigenvalue weighted by Gasteiger charge is 2.32. The smallest absolute Gasteiger partial charge is 0.244 e. The number of carbonyl (C=O) groups excluding carboxylic acids is 1. The number of carbonyl (C=O) groups is 1. The quantitative estimate of drug-likeness (QED) is 0.865. The van der Waals surface area contributed by atoms with E-state index in [-0.39, 0.29) is 16.7 Å². The van der Waals surface area contributed by atoms with Gasteiger partial charge in [0.15, 0.2) is 0 Å². The molecule has 1 amide bonds. The molecule has 1 fully saturated rings. The Bertz CT molecular complexity index is 895. The molecule has 0 radical (unpaired) electrons. The number of sulfonamides is 1. The molecular weight excluding hydrogens is 374 g/mol. The van der Waals surface area contributed by atoms with Crippen LogP contribution in [-0.2, 0) is 14.8 Å². The Morgan fingerprint density at radius 3 is 2.62 bits per heavy atom. The predicted molar refractivity (Wildman–Crippen MR) is 101 cm³/mol. The van der Waals surface area contributed by atoms with Crippen LogP contribution in [0.1, 0.15) is 18.4 Å². The molecule has 8 heteroatoms. The summed E-state index contributed by atoms with van der Waals surface area (Å²) in [6.45, 7) is 2.51. The summed E-state index contributed by atoms with van der Waals surface area (Å²) in [6.07, 6.45) is 3.85. The Balaban J connectivity index is 1.62. The van der Waals surface area contributed by atoms with E-state index < -0.39 is 10.0 Å². The number of anilines is 1. The number of halogens is 1. The minimum atomic E-state index is -3.56. The van der Waals surface area contributed by atoms with Gasteiger partial charge in [0, 0.05) is 42.1 Å². The number of pyridine rings is 1. The fraction of sp³-hybridized carbons (Fsp3) is 0.333. The highest BCUT2D eigenvalue weighted by atomic mass is 35.5. The molecule has 1 aliphatic rings. The number of rotatable bonds is 4.